The van der Waals surface area contributed by atoms with Gasteiger partial charge in [0.15, 0.2) is 5.58 Å². The average Bonchev–Trinajstić information content (AvgIpc) is 2.87. The van der Waals surface area contributed by atoms with Crippen molar-refractivity contribution in [3.8, 4) is 0 Å². The number of rotatable bonds is 3. The maximum absolute atomic E-state index is 12.4. The van der Waals surface area contributed by atoms with E-state index in [0.29, 0.717) is 32.4 Å². The molecule has 3 aromatic rings. The van der Waals surface area contributed by atoms with Gasteiger partial charge in [-0.2, -0.15) is 0 Å². The molecule has 1 unspecified atom stereocenters. The Kier molecular flexibility index (Phi) is 3.89. The molecule has 3 rings (SSSR count). The van der Waals surface area contributed by atoms with Crippen molar-refractivity contribution in [1.82, 2.24) is 4.98 Å². The lowest BCUT2D eigenvalue weighted by Gasteiger charge is -2.03. The van der Waals surface area contributed by atoms with Crippen LogP contribution in [0.2, 0.25) is 10.0 Å². The van der Waals surface area contributed by atoms with E-state index in [1.54, 1.807) is 36.4 Å². The Morgan fingerprint density at radius 3 is 2.86 bits per heavy atom. The summed E-state index contributed by atoms with van der Waals surface area (Å²) in [7, 11) is -1.45. The Morgan fingerprint density at radius 1 is 1.24 bits per heavy atom. The Balaban J connectivity index is 1.91. The molecule has 2 aromatic carbocycles. The highest BCUT2D eigenvalue weighted by Gasteiger charge is 2.16. The molecular weight excluding hydrogens is 331 g/mol. The lowest BCUT2D eigenvalue weighted by molar-refractivity contribution is 0.477. The number of oxazole rings is 1. The summed E-state index contributed by atoms with van der Waals surface area (Å²) in [5.74, 6) is 0.182. The summed E-state index contributed by atoms with van der Waals surface area (Å²) < 4.78 is 17.8. The SMILES string of the molecule is Nc1ccc2oc(S(=O)Cc3cccc(Cl)c3Cl)nc2c1. The molecule has 1 heterocycles. The quantitative estimate of drug-likeness (QED) is 0.731. The summed E-state index contributed by atoms with van der Waals surface area (Å²) in [6.07, 6.45) is 0. The van der Waals surface area contributed by atoms with Crippen molar-refractivity contribution in [1.29, 1.82) is 0 Å². The van der Waals surface area contributed by atoms with E-state index in [1.807, 2.05) is 0 Å². The summed E-state index contributed by atoms with van der Waals surface area (Å²) in [5, 5.41) is 0.969. The van der Waals surface area contributed by atoms with E-state index < -0.39 is 10.8 Å². The first-order chi connectivity index (χ1) is 10.0. The molecule has 0 saturated carbocycles. The fraction of sp³-hybridized carbons (Fsp3) is 0.0714. The monoisotopic (exact) mass is 340 g/mol. The highest BCUT2D eigenvalue weighted by Crippen LogP contribution is 2.28. The van der Waals surface area contributed by atoms with E-state index in [-0.39, 0.29) is 11.0 Å². The molecule has 0 saturated heterocycles. The maximum atomic E-state index is 12.4. The molecule has 0 aliphatic heterocycles. The van der Waals surface area contributed by atoms with Gasteiger partial charge in [0, 0.05) is 5.69 Å². The maximum Gasteiger partial charge on any atom is 0.288 e. The van der Waals surface area contributed by atoms with Crippen LogP contribution in [0.5, 0.6) is 0 Å². The standard InChI is InChI=1S/C14H10Cl2N2O2S/c15-10-3-1-2-8(13(10)16)7-21(19)14-18-11-6-9(17)4-5-12(11)20-14/h1-6H,7,17H2. The topological polar surface area (TPSA) is 69.1 Å². The van der Waals surface area contributed by atoms with Crippen LogP contribution >= 0.6 is 23.2 Å². The van der Waals surface area contributed by atoms with Crippen molar-refractivity contribution in [2.75, 3.05) is 5.73 Å². The summed E-state index contributed by atoms with van der Waals surface area (Å²) in [6, 6.07) is 10.3. The van der Waals surface area contributed by atoms with Crippen LogP contribution in [0, 0.1) is 0 Å². The van der Waals surface area contributed by atoms with E-state index >= 15 is 0 Å². The molecule has 2 N–H and O–H groups in total. The minimum absolute atomic E-state index is 0.145. The van der Waals surface area contributed by atoms with E-state index in [2.05, 4.69) is 4.98 Å². The van der Waals surface area contributed by atoms with Crippen LogP contribution in [0.4, 0.5) is 5.69 Å². The summed E-state index contributed by atoms with van der Waals surface area (Å²) in [4.78, 5) is 4.20. The number of nitrogens with two attached hydrogens (primary N) is 1. The number of nitrogens with zero attached hydrogens (tertiary/aromatic N) is 1. The summed E-state index contributed by atoms with van der Waals surface area (Å²) >= 11 is 12.0. The Morgan fingerprint density at radius 2 is 2.05 bits per heavy atom. The fourth-order valence-corrected chi connectivity index (χ4v) is 3.38. The van der Waals surface area contributed by atoms with Crippen LogP contribution in [0.15, 0.2) is 46.0 Å². The van der Waals surface area contributed by atoms with Crippen LogP contribution in [-0.2, 0) is 16.6 Å². The van der Waals surface area contributed by atoms with Gasteiger partial charge in [0.05, 0.1) is 15.8 Å². The molecule has 0 bridgehead atoms. The Hall–Kier alpha value is -1.56. The average molecular weight is 341 g/mol. The highest BCUT2D eigenvalue weighted by molar-refractivity contribution is 7.84. The van der Waals surface area contributed by atoms with Gasteiger partial charge in [0.2, 0.25) is 0 Å². The highest BCUT2D eigenvalue weighted by atomic mass is 35.5. The zero-order chi connectivity index (χ0) is 15.0. The van der Waals surface area contributed by atoms with Crippen molar-refractivity contribution < 1.29 is 8.63 Å². The number of benzene rings is 2. The van der Waals surface area contributed by atoms with Crippen molar-refractivity contribution in [2.45, 2.75) is 11.0 Å². The second-order valence-corrected chi connectivity index (χ2v) is 6.52. The molecule has 0 spiro atoms. The first-order valence-corrected chi connectivity index (χ1v) is 8.09. The predicted octanol–water partition coefficient (Wildman–Crippen LogP) is 4.02. The largest absolute Gasteiger partial charge is 0.430 e. The van der Waals surface area contributed by atoms with Gasteiger partial charge < -0.3 is 10.2 Å². The summed E-state index contributed by atoms with van der Waals surface area (Å²) in [6.45, 7) is 0. The summed E-state index contributed by atoms with van der Waals surface area (Å²) in [5.41, 5.74) is 8.06. The van der Waals surface area contributed by atoms with Gasteiger partial charge in [0.1, 0.15) is 16.3 Å². The van der Waals surface area contributed by atoms with Gasteiger partial charge >= 0.3 is 0 Å². The van der Waals surface area contributed by atoms with Gasteiger partial charge in [-0.15, -0.1) is 0 Å². The van der Waals surface area contributed by atoms with Crippen molar-refractivity contribution in [2.24, 2.45) is 0 Å². The van der Waals surface area contributed by atoms with Gasteiger partial charge in [-0.1, -0.05) is 35.3 Å². The lowest BCUT2D eigenvalue weighted by Crippen LogP contribution is -1.97. The van der Waals surface area contributed by atoms with E-state index in [0.717, 1.165) is 0 Å². The van der Waals surface area contributed by atoms with E-state index in [4.69, 9.17) is 33.4 Å². The molecule has 0 aliphatic rings. The van der Waals surface area contributed by atoms with Crippen LogP contribution in [0.25, 0.3) is 11.1 Å². The van der Waals surface area contributed by atoms with Crippen molar-refractivity contribution >= 4 is 50.8 Å². The first-order valence-electron chi connectivity index (χ1n) is 6.02. The van der Waals surface area contributed by atoms with Crippen LogP contribution in [0.1, 0.15) is 5.56 Å². The number of nitrogen functional groups attached to an aromatic ring is 1. The number of hydrogen-bond donors (Lipinski definition) is 1. The second-order valence-electron chi connectivity index (χ2n) is 4.41. The molecule has 108 valence electrons. The molecule has 0 amide bonds. The van der Waals surface area contributed by atoms with Crippen LogP contribution in [-0.4, -0.2) is 9.19 Å². The predicted molar refractivity (Wildman–Crippen MR) is 85.0 cm³/mol. The molecule has 0 fully saturated rings. The smallest absolute Gasteiger partial charge is 0.288 e. The van der Waals surface area contributed by atoms with Crippen LogP contribution < -0.4 is 5.73 Å². The molecule has 7 heteroatoms. The number of anilines is 1. The van der Waals surface area contributed by atoms with Crippen molar-refractivity contribution in [3.63, 3.8) is 0 Å². The second kappa shape index (κ2) is 5.67. The van der Waals surface area contributed by atoms with Gasteiger partial charge in [-0.05, 0) is 29.8 Å². The molecule has 4 nitrogen and oxygen atoms in total. The van der Waals surface area contributed by atoms with Crippen molar-refractivity contribution in [3.05, 3.63) is 52.0 Å². The fourth-order valence-electron chi connectivity index (χ4n) is 1.88. The third kappa shape index (κ3) is 2.90. The molecule has 21 heavy (non-hydrogen) atoms. The normalized spacial score (nSPS) is 12.7. The lowest BCUT2D eigenvalue weighted by atomic mass is 10.2. The minimum Gasteiger partial charge on any atom is -0.430 e. The molecule has 1 atom stereocenters. The van der Waals surface area contributed by atoms with E-state index in [1.165, 1.54) is 0 Å². The molecule has 0 aliphatic carbocycles. The molecule has 0 radical (unpaired) electrons. The first kappa shape index (κ1) is 14.4. The van der Waals surface area contributed by atoms with Gasteiger partial charge in [-0.3, -0.25) is 0 Å². The van der Waals surface area contributed by atoms with Crippen LogP contribution in [0.3, 0.4) is 0 Å². The number of aromatic nitrogens is 1. The molecular formula is C14H10Cl2N2O2S. The zero-order valence-electron chi connectivity index (χ0n) is 10.7. The third-order valence-electron chi connectivity index (χ3n) is 2.90. The van der Waals surface area contributed by atoms with Gasteiger partial charge in [-0.25, -0.2) is 9.19 Å². The minimum atomic E-state index is -1.45. The molecule has 1 aromatic heterocycles. The number of hydrogen-bond acceptors (Lipinski definition) is 4. The number of halogens is 2. The van der Waals surface area contributed by atoms with E-state index in [9.17, 15) is 4.21 Å². The zero-order valence-corrected chi connectivity index (χ0v) is 13.0. The Labute approximate surface area is 133 Å². The third-order valence-corrected chi connectivity index (χ3v) is 4.90. The number of fused-ring (bicyclic) bond motifs is 1. The van der Waals surface area contributed by atoms with Gasteiger partial charge in [0.25, 0.3) is 5.22 Å². The Bertz CT molecular complexity index is 848.